The van der Waals surface area contributed by atoms with Crippen LogP contribution in [0.3, 0.4) is 0 Å². The van der Waals surface area contributed by atoms with E-state index in [0.29, 0.717) is 38.0 Å². The molecule has 28 heavy (non-hydrogen) atoms. The Morgan fingerprint density at radius 1 is 1.25 bits per heavy atom. The van der Waals surface area contributed by atoms with Crippen LogP contribution >= 0.6 is 0 Å². The van der Waals surface area contributed by atoms with E-state index in [4.69, 9.17) is 15.0 Å². The van der Waals surface area contributed by atoms with E-state index in [9.17, 15) is 4.79 Å². The smallest absolute Gasteiger partial charge is 0.244 e. The molecular formula is C20H29N5O3. The molecular weight excluding hydrogens is 358 g/mol. The second-order valence-electron chi connectivity index (χ2n) is 7.13. The van der Waals surface area contributed by atoms with E-state index in [2.05, 4.69) is 15.0 Å². The van der Waals surface area contributed by atoms with Gasteiger partial charge in [0.2, 0.25) is 11.8 Å². The molecule has 0 bridgehead atoms. The lowest BCUT2D eigenvalue weighted by Crippen LogP contribution is -2.50. The second-order valence-corrected chi connectivity index (χ2v) is 7.13. The average molecular weight is 387 g/mol. The number of nitrogens with zero attached hydrogens (tertiary/aromatic N) is 4. The van der Waals surface area contributed by atoms with Crippen molar-refractivity contribution >= 4 is 5.91 Å². The molecule has 1 aromatic heterocycles. The molecule has 1 aliphatic heterocycles. The van der Waals surface area contributed by atoms with E-state index < -0.39 is 6.04 Å². The molecule has 2 aromatic rings. The third-order valence-electron chi connectivity index (χ3n) is 5.01. The van der Waals surface area contributed by atoms with Crippen LogP contribution in [0.4, 0.5) is 0 Å². The third kappa shape index (κ3) is 4.95. The topological polar surface area (TPSA) is 97.7 Å². The highest BCUT2D eigenvalue weighted by Gasteiger charge is 2.27. The number of carbonyl (C=O) groups is 1. The first kappa shape index (κ1) is 20.4. The Balaban J connectivity index is 1.50. The standard InChI is InChI=1S/C20H29N5O3/c1-4-27-15(3)19-22-17(28-23-19)13-24-9-11-25(12-10-24)20(26)18(21)16-7-5-14(2)6-8-16/h5-8,15,18H,4,9-13,21H2,1-3H3. The lowest BCUT2D eigenvalue weighted by atomic mass is 10.0. The fourth-order valence-corrected chi connectivity index (χ4v) is 3.25. The SMILES string of the molecule is CCOC(C)c1noc(CN2CCN(C(=O)C(N)c3ccc(C)cc3)CC2)n1. The Kier molecular flexibility index (Phi) is 6.77. The Hall–Kier alpha value is -2.29. The number of hydrogen-bond donors (Lipinski definition) is 1. The average Bonchev–Trinajstić information content (AvgIpc) is 3.17. The molecule has 2 heterocycles. The summed E-state index contributed by atoms with van der Waals surface area (Å²) in [5.41, 5.74) is 8.18. The molecule has 2 unspecified atom stereocenters. The van der Waals surface area contributed by atoms with Crippen LogP contribution in [0.1, 0.15) is 48.8 Å². The van der Waals surface area contributed by atoms with Gasteiger partial charge >= 0.3 is 0 Å². The zero-order valence-corrected chi connectivity index (χ0v) is 16.8. The van der Waals surface area contributed by atoms with Crippen LogP contribution in [0.5, 0.6) is 0 Å². The van der Waals surface area contributed by atoms with Crippen molar-refractivity contribution in [3.8, 4) is 0 Å². The van der Waals surface area contributed by atoms with Crippen LogP contribution in [0.2, 0.25) is 0 Å². The highest BCUT2D eigenvalue weighted by Crippen LogP contribution is 2.17. The Morgan fingerprint density at radius 3 is 2.57 bits per heavy atom. The zero-order valence-electron chi connectivity index (χ0n) is 16.8. The Bertz CT molecular complexity index is 768. The largest absolute Gasteiger partial charge is 0.371 e. The molecule has 0 radical (unpaired) electrons. The van der Waals surface area contributed by atoms with Crippen molar-refractivity contribution in [2.45, 2.75) is 39.5 Å². The lowest BCUT2D eigenvalue weighted by molar-refractivity contribution is -0.134. The minimum atomic E-state index is -0.620. The van der Waals surface area contributed by atoms with Crippen LogP contribution in [0, 0.1) is 6.92 Å². The van der Waals surface area contributed by atoms with Gasteiger partial charge in [-0.3, -0.25) is 9.69 Å². The van der Waals surface area contributed by atoms with Gasteiger partial charge in [-0.05, 0) is 26.3 Å². The number of aromatic nitrogens is 2. The number of carbonyl (C=O) groups excluding carboxylic acids is 1. The molecule has 2 N–H and O–H groups in total. The number of piperazine rings is 1. The predicted octanol–water partition coefficient (Wildman–Crippen LogP) is 1.82. The monoisotopic (exact) mass is 387 g/mol. The summed E-state index contributed by atoms with van der Waals surface area (Å²) in [7, 11) is 0. The van der Waals surface area contributed by atoms with E-state index in [-0.39, 0.29) is 12.0 Å². The quantitative estimate of drug-likeness (QED) is 0.774. The van der Waals surface area contributed by atoms with Crippen molar-refractivity contribution in [2.24, 2.45) is 5.73 Å². The first-order valence-electron chi connectivity index (χ1n) is 9.75. The minimum absolute atomic E-state index is 0.0332. The van der Waals surface area contributed by atoms with Crippen LogP contribution in [0.25, 0.3) is 0 Å². The van der Waals surface area contributed by atoms with E-state index in [1.54, 1.807) is 0 Å². The molecule has 1 fully saturated rings. The molecule has 8 nitrogen and oxygen atoms in total. The van der Waals surface area contributed by atoms with Crippen molar-refractivity contribution in [2.75, 3.05) is 32.8 Å². The van der Waals surface area contributed by atoms with Crippen LogP contribution in [0.15, 0.2) is 28.8 Å². The highest BCUT2D eigenvalue weighted by atomic mass is 16.5. The third-order valence-corrected chi connectivity index (χ3v) is 5.01. The van der Waals surface area contributed by atoms with Crippen molar-refractivity contribution in [3.63, 3.8) is 0 Å². The summed E-state index contributed by atoms with van der Waals surface area (Å²) in [4.78, 5) is 21.2. The van der Waals surface area contributed by atoms with Gasteiger partial charge in [-0.2, -0.15) is 4.98 Å². The molecule has 0 aliphatic carbocycles. The predicted molar refractivity (Wildman–Crippen MR) is 104 cm³/mol. The summed E-state index contributed by atoms with van der Waals surface area (Å²) in [6.07, 6.45) is -0.180. The molecule has 1 aliphatic rings. The molecule has 1 aromatic carbocycles. The summed E-state index contributed by atoms with van der Waals surface area (Å²) >= 11 is 0. The van der Waals surface area contributed by atoms with Gasteiger partial charge in [0.1, 0.15) is 12.1 Å². The van der Waals surface area contributed by atoms with Crippen LogP contribution in [-0.4, -0.2) is 58.6 Å². The molecule has 1 saturated heterocycles. The summed E-state index contributed by atoms with van der Waals surface area (Å²) in [6, 6.07) is 7.18. The molecule has 152 valence electrons. The summed E-state index contributed by atoms with van der Waals surface area (Å²) in [6.45, 7) is 9.77. The summed E-state index contributed by atoms with van der Waals surface area (Å²) in [5, 5.41) is 3.99. The summed E-state index contributed by atoms with van der Waals surface area (Å²) < 4.78 is 10.8. The second kappa shape index (κ2) is 9.27. The fraction of sp³-hybridized carbons (Fsp3) is 0.550. The summed E-state index contributed by atoms with van der Waals surface area (Å²) in [5.74, 6) is 1.10. The number of ether oxygens (including phenoxy) is 1. The Morgan fingerprint density at radius 2 is 1.93 bits per heavy atom. The molecule has 8 heteroatoms. The molecule has 2 atom stereocenters. The zero-order chi connectivity index (χ0) is 20.1. The number of aryl methyl sites for hydroxylation is 1. The number of rotatable bonds is 7. The van der Waals surface area contributed by atoms with Crippen molar-refractivity contribution < 1.29 is 14.1 Å². The van der Waals surface area contributed by atoms with Gasteiger partial charge in [0.15, 0.2) is 5.82 Å². The van der Waals surface area contributed by atoms with Gasteiger partial charge < -0.3 is 19.9 Å². The minimum Gasteiger partial charge on any atom is -0.371 e. The fourth-order valence-electron chi connectivity index (χ4n) is 3.25. The van der Waals surface area contributed by atoms with Crippen molar-refractivity contribution in [1.82, 2.24) is 19.9 Å². The van der Waals surface area contributed by atoms with Crippen LogP contribution < -0.4 is 5.73 Å². The molecule has 0 spiro atoms. The molecule has 0 saturated carbocycles. The van der Waals surface area contributed by atoms with Gasteiger partial charge in [-0.15, -0.1) is 0 Å². The number of amides is 1. The van der Waals surface area contributed by atoms with E-state index in [1.807, 2.05) is 49.9 Å². The number of hydrogen-bond acceptors (Lipinski definition) is 7. The van der Waals surface area contributed by atoms with E-state index >= 15 is 0 Å². The van der Waals surface area contributed by atoms with Gasteiger partial charge in [-0.25, -0.2) is 0 Å². The van der Waals surface area contributed by atoms with E-state index in [1.165, 1.54) is 0 Å². The highest BCUT2D eigenvalue weighted by molar-refractivity contribution is 5.83. The van der Waals surface area contributed by atoms with Gasteiger partial charge in [0, 0.05) is 32.8 Å². The number of benzene rings is 1. The van der Waals surface area contributed by atoms with Gasteiger partial charge in [0.05, 0.1) is 6.54 Å². The molecule has 3 rings (SSSR count). The van der Waals surface area contributed by atoms with E-state index in [0.717, 1.165) is 24.2 Å². The van der Waals surface area contributed by atoms with Crippen molar-refractivity contribution in [1.29, 1.82) is 0 Å². The van der Waals surface area contributed by atoms with Crippen LogP contribution in [-0.2, 0) is 16.1 Å². The van der Waals surface area contributed by atoms with Gasteiger partial charge in [0.25, 0.3) is 0 Å². The maximum Gasteiger partial charge on any atom is 0.244 e. The first-order valence-corrected chi connectivity index (χ1v) is 9.75. The van der Waals surface area contributed by atoms with Gasteiger partial charge in [-0.1, -0.05) is 35.0 Å². The maximum absolute atomic E-state index is 12.7. The first-order chi connectivity index (χ1) is 13.5. The molecule has 1 amide bonds. The Labute approximate surface area is 165 Å². The number of nitrogens with two attached hydrogens (primary N) is 1. The normalized spacial score (nSPS) is 17.5. The lowest BCUT2D eigenvalue weighted by Gasteiger charge is -2.35. The maximum atomic E-state index is 12.7. The van der Waals surface area contributed by atoms with Crippen molar-refractivity contribution in [3.05, 3.63) is 47.1 Å².